The van der Waals surface area contributed by atoms with E-state index in [4.69, 9.17) is 16.3 Å². The van der Waals surface area contributed by atoms with Gasteiger partial charge in [0.05, 0.1) is 18.4 Å². The molecule has 1 aromatic rings. The molecule has 2 N–H and O–H groups in total. The van der Waals surface area contributed by atoms with Crippen molar-refractivity contribution in [2.45, 2.75) is 6.10 Å². The molecule has 0 heterocycles. The highest BCUT2D eigenvalue weighted by Crippen LogP contribution is 2.19. The van der Waals surface area contributed by atoms with Gasteiger partial charge < -0.3 is 15.2 Å². The normalized spacial score (nSPS) is 12.5. The Balaban J connectivity index is 2.53. The summed E-state index contributed by atoms with van der Waals surface area (Å²) in [5, 5.41) is 12.5. The second-order valence-electron chi connectivity index (χ2n) is 3.11. The van der Waals surface area contributed by atoms with Crippen LogP contribution in [-0.2, 0) is 4.74 Å². The number of benzene rings is 1. The largest absolute Gasteiger partial charge is 0.389 e. The Bertz CT molecular complexity index is 322. The third kappa shape index (κ3) is 4.03. The first-order chi connectivity index (χ1) is 7.13. The molecular weight excluding hydrogens is 221 g/mol. The predicted octanol–water partition coefficient (Wildman–Crippen LogP) is 1.90. The summed E-state index contributed by atoms with van der Waals surface area (Å²) in [7, 11) is 1.49. The summed E-state index contributed by atoms with van der Waals surface area (Å²) in [6.07, 6.45) is -0.673. The Morgan fingerprint density at radius 2 is 2.33 bits per heavy atom. The highest BCUT2D eigenvalue weighted by atomic mass is 35.5. The van der Waals surface area contributed by atoms with Crippen LogP contribution >= 0.6 is 11.6 Å². The van der Waals surface area contributed by atoms with Crippen molar-refractivity contribution in [3.63, 3.8) is 0 Å². The smallest absolute Gasteiger partial charge is 0.146 e. The number of methoxy groups -OCH3 is 1. The molecule has 5 heteroatoms. The van der Waals surface area contributed by atoms with Crippen LogP contribution in [0.15, 0.2) is 18.2 Å². The maximum Gasteiger partial charge on any atom is 0.146 e. The van der Waals surface area contributed by atoms with E-state index >= 15 is 0 Å². The van der Waals surface area contributed by atoms with Gasteiger partial charge in [0, 0.05) is 18.7 Å². The third-order valence-electron chi connectivity index (χ3n) is 1.82. The highest BCUT2D eigenvalue weighted by Gasteiger charge is 2.06. The lowest BCUT2D eigenvalue weighted by Crippen LogP contribution is -2.24. The van der Waals surface area contributed by atoms with Gasteiger partial charge in [0.2, 0.25) is 0 Å². The number of nitrogens with one attached hydrogen (secondary N) is 1. The van der Waals surface area contributed by atoms with Crippen LogP contribution in [0.5, 0.6) is 0 Å². The molecule has 1 unspecified atom stereocenters. The van der Waals surface area contributed by atoms with Gasteiger partial charge in [0.1, 0.15) is 5.82 Å². The topological polar surface area (TPSA) is 41.5 Å². The molecule has 1 atom stereocenters. The molecular formula is C10H13ClFNO2. The fourth-order valence-corrected chi connectivity index (χ4v) is 1.28. The van der Waals surface area contributed by atoms with E-state index in [9.17, 15) is 9.50 Å². The lowest BCUT2D eigenvalue weighted by Gasteiger charge is -2.12. The van der Waals surface area contributed by atoms with Gasteiger partial charge in [-0.1, -0.05) is 11.6 Å². The maximum atomic E-state index is 13.2. The van der Waals surface area contributed by atoms with Gasteiger partial charge in [-0.3, -0.25) is 0 Å². The van der Waals surface area contributed by atoms with Gasteiger partial charge in [-0.05, 0) is 18.2 Å². The van der Waals surface area contributed by atoms with Gasteiger partial charge in [0.15, 0.2) is 0 Å². The van der Waals surface area contributed by atoms with E-state index in [-0.39, 0.29) is 18.8 Å². The van der Waals surface area contributed by atoms with Crippen molar-refractivity contribution < 1.29 is 14.2 Å². The van der Waals surface area contributed by atoms with E-state index in [0.717, 1.165) is 0 Å². The highest BCUT2D eigenvalue weighted by molar-refractivity contribution is 6.30. The quantitative estimate of drug-likeness (QED) is 0.816. The summed E-state index contributed by atoms with van der Waals surface area (Å²) >= 11 is 5.70. The van der Waals surface area contributed by atoms with Gasteiger partial charge in [-0.25, -0.2) is 4.39 Å². The van der Waals surface area contributed by atoms with E-state index in [0.29, 0.717) is 5.02 Å². The Kier molecular flexibility index (Phi) is 4.81. The first kappa shape index (κ1) is 12.2. The molecule has 0 amide bonds. The minimum absolute atomic E-state index is 0.204. The van der Waals surface area contributed by atoms with Crippen LogP contribution in [-0.4, -0.2) is 31.5 Å². The van der Waals surface area contributed by atoms with E-state index in [1.165, 1.54) is 25.3 Å². The number of ether oxygens (including phenoxy) is 1. The van der Waals surface area contributed by atoms with Crippen molar-refractivity contribution in [1.29, 1.82) is 0 Å². The lowest BCUT2D eigenvalue weighted by atomic mass is 10.3. The molecule has 84 valence electrons. The number of hydrogen-bond acceptors (Lipinski definition) is 3. The molecule has 1 aromatic carbocycles. The van der Waals surface area contributed by atoms with Gasteiger partial charge in [0.25, 0.3) is 0 Å². The van der Waals surface area contributed by atoms with E-state index in [1.54, 1.807) is 0 Å². The summed E-state index contributed by atoms with van der Waals surface area (Å²) in [4.78, 5) is 0. The van der Waals surface area contributed by atoms with Crippen LogP contribution in [0.1, 0.15) is 0 Å². The fourth-order valence-electron chi connectivity index (χ4n) is 1.11. The SMILES string of the molecule is COCC(O)CNc1cc(Cl)ccc1F. The standard InChI is InChI=1S/C10H13ClFNO2/c1-15-6-8(14)5-13-10-4-7(11)2-3-9(10)12/h2-4,8,13-14H,5-6H2,1H3. The molecule has 3 nitrogen and oxygen atoms in total. The van der Waals surface area contributed by atoms with Crippen molar-refractivity contribution in [2.24, 2.45) is 0 Å². The second-order valence-corrected chi connectivity index (χ2v) is 3.55. The molecule has 0 radical (unpaired) electrons. The Morgan fingerprint density at radius 1 is 1.60 bits per heavy atom. The average molecular weight is 234 g/mol. The maximum absolute atomic E-state index is 13.2. The first-order valence-electron chi connectivity index (χ1n) is 4.49. The number of aliphatic hydroxyl groups excluding tert-OH is 1. The molecule has 0 fully saturated rings. The molecule has 0 bridgehead atoms. The molecule has 0 saturated carbocycles. The van der Waals surface area contributed by atoms with Crippen LogP contribution in [0.2, 0.25) is 5.02 Å². The summed E-state index contributed by atoms with van der Waals surface area (Å²) < 4.78 is 17.9. The monoisotopic (exact) mass is 233 g/mol. The second kappa shape index (κ2) is 5.90. The number of hydrogen-bond donors (Lipinski definition) is 2. The number of aliphatic hydroxyl groups is 1. The van der Waals surface area contributed by atoms with Crippen LogP contribution in [0.4, 0.5) is 10.1 Å². The van der Waals surface area contributed by atoms with Gasteiger partial charge >= 0.3 is 0 Å². The van der Waals surface area contributed by atoms with Crippen LogP contribution < -0.4 is 5.32 Å². The number of anilines is 1. The molecule has 15 heavy (non-hydrogen) atoms. The van der Waals surface area contributed by atoms with E-state index in [1.807, 2.05) is 0 Å². The van der Waals surface area contributed by atoms with Gasteiger partial charge in [-0.2, -0.15) is 0 Å². The van der Waals surface area contributed by atoms with Crippen molar-refractivity contribution in [3.05, 3.63) is 29.0 Å². The number of rotatable bonds is 5. The first-order valence-corrected chi connectivity index (χ1v) is 4.87. The molecule has 0 aliphatic heterocycles. The Labute approximate surface area is 92.8 Å². The summed E-state index contributed by atoms with van der Waals surface area (Å²) in [5.41, 5.74) is 0.276. The summed E-state index contributed by atoms with van der Waals surface area (Å²) in [5.74, 6) is -0.399. The zero-order valence-corrected chi connectivity index (χ0v) is 9.09. The lowest BCUT2D eigenvalue weighted by molar-refractivity contribution is 0.0727. The van der Waals surface area contributed by atoms with Crippen LogP contribution in [0.3, 0.4) is 0 Å². The minimum atomic E-state index is -0.673. The number of halogens is 2. The Hall–Kier alpha value is -0.840. The molecule has 0 spiro atoms. The predicted molar refractivity (Wildman–Crippen MR) is 57.8 cm³/mol. The average Bonchev–Trinajstić information content (AvgIpc) is 2.20. The van der Waals surface area contributed by atoms with Crippen molar-refractivity contribution in [2.75, 3.05) is 25.6 Å². The summed E-state index contributed by atoms with van der Waals surface area (Å²) in [6, 6.07) is 4.21. The zero-order valence-electron chi connectivity index (χ0n) is 8.34. The Morgan fingerprint density at radius 3 is 3.00 bits per heavy atom. The molecule has 0 saturated heterocycles. The van der Waals surface area contributed by atoms with Crippen molar-refractivity contribution >= 4 is 17.3 Å². The fraction of sp³-hybridized carbons (Fsp3) is 0.400. The molecule has 0 aromatic heterocycles. The summed E-state index contributed by atoms with van der Waals surface area (Å²) in [6.45, 7) is 0.417. The van der Waals surface area contributed by atoms with Crippen molar-refractivity contribution in [3.8, 4) is 0 Å². The van der Waals surface area contributed by atoms with Crippen molar-refractivity contribution in [1.82, 2.24) is 0 Å². The zero-order chi connectivity index (χ0) is 11.3. The molecule has 0 aliphatic carbocycles. The van der Waals surface area contributed by atoms with Crippen LogP contribution in [0.25, 0.3) is 0 Å². The minimum Gasteiger partial charge on any atom is -0.389 e. The van der Waals surface area contributed by atoms with Gasteiger partial charge in [-0.15, -0.1) is 0 Å². The van der Waals surface area contributed by atoms with E-state index in [2.05, 4.69) is 5.32 Å². The molecule has 1 rings (SSSR count). The third-order valence-corrected chi connectivity index (χ3v) is 2.05. The molecule has 0 aliphatic rings. The van der Waals surface area contributed by atoms with Crippen LogP contribution in [0, 0.1) is 5.82 Å². The van der Waals surface area contributed by atoms with E-state index < -0.39 is 11.9 Å².